The lowest BCUT2D eigenvalue weighted by Crippen LogP contribution is -2.03. The summed E-state index contributed by atoms with van der Waals surface area (Å²) >= 11 is 5.36. The third-order valence-electron chi connectivity index (χ3n) is 3.49. The molecular weight excluding hydrogens is 272 g/mol. The Kier molecular flexibility index (Phi) is 3.33. The van der Waals surface area contributed by atoms with Gasteiger partial charge in [-0.05, 0) is 34.5 Å². The summed E-state index contributed by atoms with van der Waals surface area (Å²) in [7, 11) is 0. The minimum atomic E-state index is -0.783. The molecule has 0 aliphatic rings. The predicted octanol–water partition coefficient (Wildman–Crippen LogP) is 5.43. The fraction of sp³-hybridized carbons (Fsp3) is 0.118. The number of fused-ring (bicyclic) bond motifs is 2. The Morgan fingerprint density at radius 2 is 1.50 bits per heavy atom. The van der Waals surface area contributed by atoms with Crippen molar-refractivity contribution >= 4 is 38.6 Å². The Morgan fingerprint density at radius 1 is 1.00 bits per heavy atom. The second-order valence-corrected chi connectivity index (χ2v) is 5.04. The average Bonchev–Trinajstić information content (AvgIpc) is 2.43. The van der Waals surface area contributed by atoms with E-state index in [0.717, 1.165) is 27.1 Å². The van der Waals surface area contributed by atoms with Crippen LogP contribution >= 0.6 is 11.6 Å². The first-order valence-electron chi connectivity index (χ1n) is 6.43. The van der Waals surface area contributed by atoms with E-state index in [1.165, 1.54) is 0 Å². The molecule has 0 saturated heterocycles. The van der Waals surface area contributed by atoms with Crippen LogP contribution in [0.1, 0.15) is 18.6 Å². The van der Waals surface area contributed by atoms with Gasteiger partial charge in [0.15, 0.2) is 0 Å². The van der Waals surface area contributed by atoms with Crippen molar-refractivity contribution in [3.8, 4) is 0 Å². The van der Waals surface area contributed by atoms with Crippen LogP contribution in [0.25, 0.3) is 21.5 Å². The van der Waals surface area contributed by atoms with E-state index >= 15 is 0 Å². The predicted molar refractivity (Wildman–Crippen MR) is 82.2 cm³/mol. The molecule has 0 fully saturated rings. The molecule has 20 heavy (non-hydrogen) atoms. The van der Waals surface area contributed by atoms with E-state index in [-0.39, 0.29) is 0 Å². The number of carbonyl (C=O) groups is 1. The van der Waals surface area contributed by atoms with Crippen molar-refractivity contribution < 1.29 is 9.53 Å². The fourth-order valence-electron chi connectivity index (χ4n) is 2.68. The number of benzene rings is 3. The van der Waals surface area contributed by atoms with Crippen molar-refractivity contribution in [2.75, 3.05) is 0 Å². The van der Waals surface area contributed by atoms with Crippen LogP contribution in [0, 0.1) is 0 Å². The molecule has 2 nitrogen and oxygen atoms in total. The highest BCUT2D eigenvalue weighted by atomic mass is 35.5. The molecule has 0 saturated carbocycles. The summed E-state index contributed by atoms with van der Waals surface area (Å²) in [6.07, 6.45) is -0.393. The largest absolute Gasteiger partial charge is 0.446 e. The molecule has 0 bridgehead atoms. The normalized spacial score (nSPS) is 12.5. The molecular formula is C17H13ClO2. The molecule has 0 heterocycles. The second-order valence-electron chi connectivity index (χ2n) is 4.73. The molecule has 0 spiro atoms. The van der Waals surface area contributed by atoms with Gasteiger partial charge >= 0.3 is 5.43 Å². The van der Waals surface area contributed by atoms with Crippen LogP contribution in [0.5, 0.6) is 0 Å². The van der Waals surface area contributed by atoms with Gasteiger partial charge in [0.1, 0.15) is 6.10 Å². The SMILES string of the molecule is CC(OC(=O)Cl)c1c2ccccc2cc2ccccc12. The third kappa shape index (κ3) is 2.23. The van der Waals surface area contributed by atoms with Gasteiger partial charge < -0.3 is 4.74 Å². The van der Waals surface area contributed by atoms with E-state index in [0.29, 0.717) is 0 Å². The van der Waals surface area contributed by atoms with Crippen LogP contribution in [0.4, 0.5) is 4.79 Å². The molecule has 3 rings (SSSR count). The molecule has 3 heteroatoms. The number of carbonyl (C=O) groups excluding carboxylic acids is 1. The van der Waals surface area contributed by atoms with Gasteiger partial charge in [0.2, 0.25) is 0 Å². The third-order valence-corrected chi connectivity index (χ3v) is 3.58. The number of ether oxygens (including phenoxy) is 1. The van der Waals surface area contributed by atoms with Gasteiger partial charge in [-0.15, -0.1) is 0 Å². The summed E-state index contributed by atoms with van der Waals surface area (Å²) < 4.78 is 5.18. The molecule has 100 valence electrons. The van der Waals surface area contributed by atoms with E-state index in [9.17, 15) is 4.79 Å². The van der Waals surface area contributed by atoms with Crippen molar-refractivity contribution in [3.63, 3.8) is 0 Å². The lowest BCUT2D eigenvalue weighted by atomic mass is 9.94. The van der Waals surface area contributed by atoms with Crippen LogP contribution < -0.4 is 0 Å². The van der Waals surface area contributed by atoms with Gasteiger partial charge in [-0.25, -0.2) is 4.79 Å². The van der Waals surface area contributed by atoms with Gasteiger partial charge in [0.25, 0.3) is 0 Å². The maximum absolute atomic E-state index is 11.0. The van der Waals surface area contributed by atoms with Crippen molar-refractivity contribution in [3.05, 3.63) is 60.2 Å². The lowest BCUT2D eigenvalue weighted by molar-refractivity contribution is 0.133. The van der Waals surface area contributed by atoms with Crippen molar-refractivity contribution in [2.45, 2.75) is 13.0 Å². The van der Waals surface area contributed by atoms with E-state index < -0.39 is 11.5 Å². The summed E-state index contributed by atoms with van der Waals surface area (Å²) in [6, 6.07) is 18.3. The van der Waals surface area contributed by atoms with Crippen molar-refractivity contribution in [1.82, 2.24) is 0 Å². The Balaban J connectivity index is 2.35. The Hall–Kier alpha value is -2.06. The zero-order valence-corrected chi connectivity index (χ0v) is 11.7. The minimum Gasteiger partial charge on any atom is -0.446 e. The first-order valence-corrected chi connectivity index (χ1v) is 6.81. The zero-order chi connectivity index (χ0) is 14.1. The van der Waals surface area contributed by atoms with Gasteiger partial charge in [-0.3, -0.25) is 0 Å². The van der Waals surface area contributed by atoms with Gasteiger partial charge in [-0.1, -0.05) is 48.5 Å². The maximum atomic E-state index is 11.0. The second kappa shape index (κ2) is 5.14. The van der Waals surface area contributed by atoms with Crippen LogP contribution in [0.15, 0.2) is 54.6 Å². The van der Waals surface area contributed by atoms with Crippen LogP contribution in [-0.4, -0.2) is 5.43 Å². The quantitative estimate of drug-likeness (QED) is 0.463. The van der Waals surface area contributed by atoms with Gasteiger partial charge in [0, 0.05) is 17.2 Å². The molecule has 3 aromatic rings. The summed E-state index contributed by atoms with van der Waals surface area (Å²) in [4.78, 5) is 11.0. The van der Waals surface area contributed by atoms with Crippen LogP contribution in [0.3, 0.4) is 0 Å². The summed E-state index contributed by atoms with van der Waals surface area (Å²) in [5.74, 6) is 0. The van der Waals surface area contributed by atoms with E-state index in [1.54, 1.807) is 0 Å². The molecule has 0 N–H and O–H groups in total. The Morgan fingerprint density at radius 3 is 2.00 bits per heavy atom. The average molecular weight is 285 g/mol. The molecule has 3 aromatic carbocycles. The first kappa shape index (κ1) is 12.9. The smallest absolute Gasteiger partial charge is 0.404 e. The Bertz CT molecular complexity index is 741. The molecule has 0 amide bonds. The number of hydrogen-bond acceptors (Lipinski definition) is 2. The number of rotatable bonds is 2. The van der Waals surface area contributed by atoms with Crippen LogP contribution in [0.2, 0.25) is 0 Å². The van der Waals surface area contributed by atoms with E-state index in [2.05, 4.69) is 18.2 Å². The first-order chi connectivity index (χ1) is 9.66. The molecule has 0 aliphatic heterocycles. The summed E-state index contributed by atoms with van der Waals surface area (Å²) in [6.45, 7) is 1.84. The topological polar surface area (TPSA) is 26.3 Å². The monoisotopic (exact) mass is 284 g/mol. The van der Waals surface area contributed by atoms with E-state index in [4.69, 9.17) is 16.3 Å². The summed E-state index contributed by atoms with van der Waals surface area (Å²) in [5, 5.41) is 4.41. The maximum Gasteiger partial charge on any atom is 0.404 e. The molecule has 1 atom stereocenters. The highest BCUT2D eigenvalue weighted by Crippen LogP contribution is 2.34. The fourth-order valence-corrected chi connectivity index (χ4v) is 2.82. The highest BCUT2D eigenvalue weighted by Gasteiger charge is 2.16. The lowest BCUT2D eigenvalue weighted by Gasteiger charge is -2.17. The molecule has 0 aromatic heterocycles. The molecule has 0 radical (unpaired) electrons. The number of halogens is 1. The van der Waals surface area contributed by atoms with Crippen molar-refractivity contribution in [2.24, 2.45) is 0 Å². The minimum absolute atomic E-state index is 0.393. The zero-order valence-electron chi connectivity index (χ0n) is 11.0. The molecule has 0 aliphatic carbocycles. The van der Waals surface area contributed by atoms with Crippen LogP contribution in [-0.2, 0) is 4.74 Å². The standard InChI is InChI=1S/C17H13ClO2/c1-11(20-17(18)19)16-14-8-4-2-6-12(14)10-13-7-3-5-9-15(13)16/h2-11H,1H3. The van der Waals surface area contributed by atoms with Gasteiger partial charge in [0.05, 0.1) is 0 Å². The van der Waals surface area contributed by atoms with E-state index in [1.807, 2.05) is 43.3 Å². The number of hydrogen-bond donors (Lipinski definition) is 0. The molecule has 1 unspecified atom stereocenters. The van der Waals surface area contributed by atoms with Crippen molar-refractivity contribution in [1.29, 1.82) is 0 Å². The summed E-state index contributed by atoms with van der Waals surface area (Å²) in [5.41, 5.74) is 0.210. The Labute approximate surface area is 121 Å². The van der Waals surface area contributed by atoms with Gasteiger partial charge in [-0.2, -0.15) is 0 Å². The highest BCUT2D eigenvalue weighted by molar-refractivity contribution is 6.61.